The molecule has 2 aromatic heterocycles. The first kappa shape index (κ1) is 61.3. The normalized spacial score (nSPS) is 11.9. The van der Waals surface area contributed by atoms with Gasteiger partial charge in [0.2, 0.25) is 16.8 Å². The standard InChI is InChI=1S/C33H25F3N2O4.C31H23F3N2O3.C2H3ClO/c1-4-38-28-15-13-21(31(40)24-11-7-8-12-27(24)33(34,35)36)17-25(28)26-18-22(14-16-29(26)38)32(41)30(37-42-20(3)39)23-10-6-5-9-19(23)2;1-3-36-26-14-12-19(29(37)22-10-6-7-11-25(22)31(32,33)34)16-23(26)24-17-20(13-15-27(24)36)30(38)28(35-39)21-9-5-4-8-18(21)2;1-2(3)4/h5-18H,4H2,1-3H3;4-17,39H,3H2,1-2H3;1H3/b37-30+;35-28+;. The number of Topliss-reactive ketones (excluding diaryl/α,β-unsaturated/α-hetero) is 2. The largest absolute Gasteiger partial charge is 0.417 e. The molecule has 8 aromatic carbocycles. The van der Waals surface area contributed by atoms with Crippen LogP contribution in [-0.2, 0) is 39.9 Å². The Morgan fingerprint density at radius 3 is 1.11 bits per heavy atom. The van der Waals surface area contributed by atoms with Crippen molar-refractivity contribution in [2.45, 2.75) is 67.0 Å². The number of benzene rings is 8. The van der Waals surface area contributed by atoms with E-state index >= 15 is 0 Å². The summed E-state index contributed by atoms with van der Waals surface area (Å²) in [6.45, 7) is 11.1. The van der Waals surface area contributed by atoms with Gasteiger partial charge < -0.3 is 19.2 Å². The number of halogens is 7. The van der Waals surface area contributed by atoms with Gasteiger partial charge in [0.1, 0.15) is 0 Å². The molecule has 19 heteroatoms. The average Bonchev–Trinajstić information content (AvgIpc) is 1.97. The van der Waals surface area contributed by atoms with Crippen molar-refractivity contribution >= 4 is 101 Å². The van der Waals surface area contributed by atoms with Crippen LogP contribution in [0.1, 0.15) is 114 Å². The summed E-state index contributed by atoms with van der Waals surface area (Å²) in [6, 6.07) is 43.2. The number of oxime groups is 2. The lowest BCUT2D eigenvalue weighted by Crippen LogP contribution is -2.18. The van der Waals surface area contributed by atoms with Crippen LogP contribution in [0.5, 0.6) is 0 Å². The number of rotatable bonds is 13. The van der Waals surface area contributed by atoms with E-state index in [2.05, 4.69) is 21.9 Å². The molecule has 0 spiro atoms. The summed E-state index contributed by atoms with van der Waals surface area (Å²) in [5, 5.41) is 19.0. The van der Waals surface area contributed by atoms with Crippen molar-refractivity contribution in [3.8, 4) is 0 Å². The Hall–Kier alpha value is -9.81. The number of ketones is 4. The topological polar surface area (TPSA) is 166 Å². The predicted molar refractivity (Wildman–Crippen MR) is 314 cm³/mol. The van der Waals surface area contributed by atoms with Crippen LogP contribution < -0.4 is 0 Å². The number of nitrogens with zero attached hydrogens (tertiary/aromatic N) is 4. The van der Waals surface area contributed by atoms with E-state index in [-0.39, 0.29) is 38.9 Å². The lowest BCUT2D eigenvalue weighted by atomic mass is 9.95. The molecule has 0 fully saturated rings. The van der Waals surface area contributed by atoms with Crippen LogP contribution in [0.15, 0.2) is 180 Å². The number of carbonyl (C=O) groups excluding carboxylic acids is 6. The highest BCUT2D eigenvalue weighted by Gasteiger charge is 2.36. The highest BCUT2D eigenvalue weighted by atomic mass is 35.5. The van der Waals surface area contributed by atoms with Gasteiger partial charge in [-0.25, -0.2) is 4.79 Å². The molecule has 1 N–H and O–H groups in total. The summed E-state index contributed by atoms with van der Waals surface area (Å²) < 4.78 is 85.7. The Balaban J connectivity index is 0.000000209. The molecule has 0 aliphatic rings. The van der Waals surface area contributed by atoms with Crippen LogP contribution in [-0.4, -0.2) is 60.1 Å². The average molecular weight is 1180 g/mol. The van der Waals surface area contributed by atoms with E-state index in [0.717, 1.165) is 51.4 Å². The molecule has 0 aliphatic carbocycles. The van der Waals surface area contributed by atoms with Crippen LogP contribution in [0.4, 0.5) is 26.3 Å². The molecular formula is C66H51ClF6N4O8. The van der Waals surface area contributed by atoms with Crippen molar-refractivity contribution < 1.29 is 65.2 Å². The van der Waals surface area contributed by atoms with E-state index in [0.29, 0.717) is 45.8 Å². The highest BCUT2D eigenvalue weighted by Crippen LogP contribution is 2.38. The third-order valence-electron chi connectivity index (χ3n) is 14.0. The minimum Gasteiger partial charge on any atom is -0.410 e. The molecule has 2 heterocycles. The van der Waals surface area contributed by atoms with E-state index in [1.165, 1.54) is 56.3 Å². The minimum absolute atomic E-state index is 0.0542. The van der Waals surface area contributed by atoms with Crippen molar-refractivity contribution in [3.63, 3.8) is 0 Å². The fourth-order valence-corrected chi connectivity index (χ4v) is 10.1. The Labute approximate surface area is 487 Å². The maximum atomic E-state index is 13.8. The minimum atomic E-state index is -4.69. The van der Waals surface area contributed by atoms with Crippen LogP contribution in [0.2, 0.25) is 0 Å². The SMILES string of the molecule is CC(=O)Cl.CCn1c2ccc(C(=O)/C(=N/O)c3ccccc3C)cc2c2cc(C(=O)c3ccccc3C(F)(F)F)ccc21.CCn1c2ccc(C(=O)/C(=N/OC(C)=O)c3ccccc3C)cc2c2cc(C(=O)c3ccccc3C(F)(F)F)ccc21. The van der Waals surface area contributed by atoms with Gasteiger partial charge in [-0.3, -0.25) is 24.0 Å². The summed E-state index contributed by atoms with van der Waals surface area (Å²) in [5.41, 5.74) is 3.30. The number of carbonyl (C=O) groups is 6. The smallest absolute Gasteiger partial charge is 0.410 e. The number of aromatic nitrogens is 2. The number of fused-ring (bicyclic) bond motifs is 6. The van der Waals surface area contributed by atoms with E-state index < -0.39 is 63.7 Å². The van der Waals surface area contributed by atoms with Gasteiger partial charge in [-0.05, 0) is 135 Å². The fraction of sp³-hybridized carbons (Fsp3) is 0.152. The molecule has 10 aromatic rings. The van der Waals surface area contributed by atoms with Gasteiger partial charge in [0.15, 0.2) is 23.0 Å². The molecule has 0 unspecified atom stereocenters. The third kappa shape index (κ3) is 12.9. The Kier molecular flexibility index (Phi) is 18.3. The van der Waals surface area contributed by atoms with Crippen LogP contribution in [0, 0.1) is 13.8 Å². The molecule has 0 amide bonds. The van der Waals surface area contributed by atoms with Gasteiger partial charge in [0.25, 0.3) is 0 Å². The van der Waals surface area contributed by atoms with Gasteiger partial charge in [0, 0.05) is 115 Å². The molecule has 12 nitrogen and oxygen atoms in total. The van der Waals surface area contributed by atoms with Gasteiger partial charge in [-0.1, -0.05) is 95.2 Å². The lowest BCUT2D eigenvalue weighted by Gasteiger charge is -2.12. The number of alkyl halides is 6. The maximum absolute atomic E-state index is 13.8. The molecule has 0 atom stereocenters. The summed E-state index contributed by atoms with van der Waals surface area (Å²) in [4.78, 5) is 79.4. The molecule has 85 heavy (non-hydrogen) atoms. The molecule has 0 aliphatic heterocycles. The third-order valence-corrected chi connectivity index (χ3v) is 14.0. The molecular weight excluding hydrogens is 1130 g/mol. The zero-order valence-corrected chi connectivity index (χ0v) is 47.1. The van der Waals surface area contributed by atoms with Crippen LogP contribution >= 0.6 is 11.6 Å². The van der Waals surface area contributed by atoms with E-state index in [4.69, 9.17) is 4.84 Å². The summed E-state index contributed by atoms with van der Waals surface area (Å²) in [5.74, 6) is -3.17. The van der Waals surface area contributed by atoms with Crippen LogP contribution in [0.25, 0.3) is 43.6 Å². The number of hydrogen-bond donors (Lipinski definition) is 1. The van der Waals surface area contributed by atoms with Gasteiger partial charge in [-0.15, -0.1) is 0 Å². The maximum Gasteiger partial charge on any atom is 0.417 e. The van der Waals surface area contributed by atoms with E-state index in [9.17, 15) is 60.3 Å². The second-order valence-corrected chi connectivity index (χ2v) is 19.9. The fourth-order valence-electron chi connectivity index (χ4n) is 10.1. The Bertz CT molecular complexity index is 4380. The monoisotopic (exact) mass is 1180 g/mol. The summed E-state index contributed by atoms with van der Waals surface area (Å²) >= 11 is 4.64. The van der Waals surface area contributed by atoms with E-state index in [1.54, 1.807) is 111 Å². The first-order valence-corrected chi connectivity index (χ1v) is 26.7. The predicted octanol–water partition coefficient (Wildman–Crippen LogP) is 15.7. The summed E-state index contributed by atoms with van der Waals surface area (Å²) in [7, 11) is 0. The number of aryl methyl sites for hydroxylation is 4. The lowest BCUT2D eigenvalue weighted by molar-refractivity contribution is -0.141. The quantitative estimate of drug-likeness (QED) is 0.0226. The second-order valence-electron chi connectivity index (χ2n) is 19.4. The second kappa shape index (κ2) is 25.4. The van der Waals surface area contributed by atoms with Crippen molar-refractivity contribution in [1.82, 2.24) is 9.13 Å². The molecule has 0 radical (unpaired) electrons. The van der Waals surface area contributed by atoms with Crippen molar-refractivity contribution in [2.75, 3.05) is 0 Å². The van der Waals surface area contributed by atoms with Gasteiger partial charge in [-0.2, -0.15) is 26.3 Å². The van der Waals surface area contributed by atoms with Crippen molar-refractivity contribution in [1.29, 1.82) is 0 Å². The molecule has 10 rings (SSSR count). The first-order chi connectivity index (χ1) is 40.4. The van der Waals surface area contributed by atoms with Gasteiger partial charge >= 0.3 is 18.3 Å². The molecule has 432 valence electrons. The van der Waals surface area contributed by atoms with Crippen LogP contribution in [0.3, 0.4) is 0 Å². The molecule has 0 bridgehead atoms. The van der Waals surface area contributed by atoms with E-state index in [1.807, 2.05) is 35.1 Å². The van der Waals surface area contributed by atoms with Crippen molar-refractivity contribution in [2.24, 2.45) is 10.3 Å². The zero-order valence-electron chi connectivity index (χ0n) is 46.3. The molecule has 0 saturated carbocycles. The highest BCUT2D eigenvalue weighted by molar-refractivity contribution is 6.62. The number of hydrogen-bond acceptors (Lipinski definition) is 10. The summed E-state index contributed by atoms with van der Waals surface area (Å²) in [6.07, 6.45) is -9.36. The zero-order chi connectivity index (χ0) is 61.7. The van der Waals surface area contributed by atoms with Crippen molar-refractivity contribution in [3.05, 3.63) is 237 Å². The Morgan fingerprint density at radius 2 is 0.776 bits per heavy atom. The Morgan fingerprint density at radius 1 is 0.471 bits per heavy atom. The molecule has 0 saturated heterocycles. The first-order valence-electron chi connectivity index (χ1n) is 26.3. The van der Waals surface area contributed by atoms with Gasteiger partial charge in [0.05, 0.1) is 11.1 Å².